The number of nitriles is 1. The van der Waals surface area contributed by atoms with Gasteiger partial charge in [-0.05, 0) is 37.3 Å². The smallest absolute Gasteiger partial charge is 0.331 e. The highest BCUT2D eigenvalue weighted by molar-refractivity contribution is 7.80. The zero-order valence-corrected chi connectivity index (χ0v) is 13.6. The first kappa shape index (κ1) is 18.4. The highest BCUT2D eigenvalue weighted by Gasteiger charge is 2.34. The van der Waals surface area contributed by atoms with Crippen LogP contribution in [0.5, 0.6) is 0 Å². The number of hydrogen-bond acceptors (Lipinski definition) is 4. The predicted molar refractivity (Wildman–Crippen MR) is 88.8 cm³/mol. The fourth-order valence-electron chi connectivity index (χ4n) is 1.88. The van der Waals surface area contributed by atoms with Gasteiger partial charge in [0.15, 0.2) is 10.8 Å². The summed E-state index contributed by atoms with van der Waals surface area (Å²) in [6.45, 7) is 1.87. The molecule has 0 aliphatic heterocycles. The van der Waals surface area contributed by atoms with Gasteiger partial charge in [0.05, 0.1) is 17.4 Å². The minimum atomic E-state index is -4.73. The van der Waals surface area contributed by atoms with E-state index in [2.05, 4.69) is 15.6 Å². The van der Waals surface area contributed by atoms with Crippen molar-refractivity contribution in [3.05, 3.63) is 58.9 Å². The summed E-state index contributed by atoms with van der Waals surface area (Å²) in [6.07, 6.45) is -3.71. The number of nitrogens with one attached hydrogen (secondary N) is 2. The molecule has 9 heteroatoms. The van der Waals surface area contributed by atoms with Crippen LogP contribution < -0.4 is 10.6 Å². The fraction of sp³-hybridized carbons (Fsp3) is 0.125. The molecule has 0 fully saturated rings. The van der Waals surface area contributed by atoms with Gasteiger partial charge in [-0.25, -0.2) is 4.98 Å². The molecule has 0 saturated carbocycles. The van der Waals surface area contributed by atoms with Crippen LogP contribution in [0.25, 0.3) is 0 Å². The number of halogens is 3. The Morgan fingerprint density at radius 3 is 2.48 bits per heavy atom. The highest BCUT2D eigenvalue weighted by Crippen LogP contribution is 2.32. The van der Waals surface area contributed by atoms with Crippen molar-refractivity contribution >= 4 is 28.9 Å². The van der Waals surface area contributed by atoms with Crippen LogP contribution in [0, 0.1) is 18.3 Å². The molecule has 1 amide bonds. The number of aromatic nitrogens is 1. The van der Waals surface area contributed by atoms with E-state index in [0.717, 1.165) is 11.8 Å². The SMILES string of the molecule is Cc1ccc(C(=O)NC(=S)Nc2cnc(C#N)c(C(F)(F)F)c2)cc1. The Bertz CT molecular complexity index is 857. The van der Waals surface area contributed by atoms with Crippen molar-refractivity contribution in [2.45, 2.75) is 13.1 Å². The minimum absolute atomic E-state index is 0.0967. The Labute approximate surface area is 146 Å². The molecule has 1 aromatic carbocycles. The van der Waals surface area contributed by atoms with Gasteiger partial charge in [-0.2, -0.15) is 18.4 Å². The summed E-state index contributed by atoms with van der Waals surface area (Å²) in [5.41, 5.74) is -0.704. The third-order valence-electron chi connectivity index (χ3n) is 3.10. The number of thiocarbonyl (C=S) groups is 1. The molecule has 5 nitrogen and oxygen atoms in total. The van der Waals surface area contributed by atoms with Crippen molar-refractivity contribution in [2.24, 2.45) is 0 Å². The van der Waals surface area contributed by atoms with Crippen LogP contribution in [-0.2, 0) is 6.18 Å². The van der Waals surface area contributed by atoms with Crippen LogP contribution in [0.15, 0.2) is 36.5 Å². The maximum absolute atomic E-state index is 12.9. The molecule has 0 aliphatic rings. The minimum Gasteiger partial charge on any atom is -0.331 e. The van der Waals surface area contributed by atoms with Gasteiger partial charge < -0.3 is 5.32 Å². The number of carbonyl (C=O) groups is 1. The lowest BCUT2D eigenvalue weighted by atomic mass is 10.1. The monoisotopic (exact) mass is 364 g/mol. The van der Waals surface area contributed by atoms with Crippen molar-refractivity contribution in [1.29, 1.82) is 5.26 Å². The Hall–Kier alpha value is -2.99. The van der Waals surface area contributed by atoms with E-state index < -0.39 is 23.3 Å². The van der Waals surface area contributed by atoms with E-state index in [1.807, 2.05) is 6.92 Å². The van der Waals surface area contributed by atoms with Crippen molar-refractivity contribution in [3.63, 3.8) is 0 Å². The zero-order valence-electron chi connectivity index (χ0n) is 12.8. The zero-order chi connectivity index (χ0) is 18.6. The number of rotatable bonds is 2. The normalized spacial score (nSPS) is 10.7. The fourth-order valence-corrected chi connectivity index (χ4v) is 2.09. The third kappa shape index (κ3) is 4.74. The number of anilines is 1. The topological polar surface area (TPSA) is 77.8 Å². The number of aryl methyl sites for hydroxylation is 1. The number of hydrogen-bond donors (Lipinski definition) is 2. The van der Waals surface area contributed by atoms with E-state index in [9.17, 15) is 18.0 Å². The summed E-state index contributed by atoms with van der Waals surface area (Å²) in [5.74, 6) is -0.504. The largest absolute Gasteiger partial charge is 0.419 e. The Morgan fingerprint density at radius 2 is 1.92 bits per heavy atom. The highest BCUT2D eigenvalue weighted by atomic mass is 32.1. The van der Waals surface area contributed by atoms with Gasteiger partial charge in [0.25, 0.3) is 5.91 Å². The number of alkyl halides is 3. The second-order valence-electron chi connectivity index (χ2n) is 5.00. The first-order valence-corrected chi connectivity index (χ1v) is 7.28. The van der Waals surface area contributed by atoms with Crippen molar-refractivity contribution in [2.75, 3.05) is 5.32 Å². The van der Waals surface area contributed by atoms with Crippen LogP contribution in [0.4, 0.5) is 18.9 Å². The maximum atomic E-state index is 12.9. The molecule has 0 aliphatic carbocycles. The summed E-state index contributed by atoms with van der Waals surface area (Å²) in [4.78, 5) is 15.5. The molecule has 1 heterocycles. The number of carbonyl (C=O) groups excluding carboxylic acids is 1. The quantitative estimate of drug-likeness (QED) is 0.799. The molecule has 2 aromatic rings. The van der Waals surface area contributed by atoms with Crippen LogP contribution in [0.2, 0.25) is 0 Å². The summed E-state index contributed by atoms with van der Waals surface area (Å²) >= 11 is 4.92. The third-order valence-corrected chi connectivity index (χ3v) is 3.30. The van der Waals surface area contributed by atoms with Gasteiger partial charge in [-0.3, -0.25) is 10.1 Å². The van der Waals surface area contributed by atoms with Gasteiger partial charge in [0.2, 0.25) is 0 Å². The molecule has 0 spiro atoms. The molecule has 1 aromatic heterocycles. The van der Waals surface area contributed by atoms with Crippen LogP contribution in [0.3, 0.4) is 0 Å². The molecule has 25 heavy (non-hydrogen) atoms. The van der Waals surface area contributed by atoms with E-state index >= 15 is 0 Å². The molecule has 0 radical (unpaired) electrons. The van der Waals surface area contributed by atoms with Gasteiger partial charge in [0, 0.05) is 5.56 Å². The Morgan fingerprint density at radius 1 is 1.28 bits per heavy atom. The van der Waals surface area contributed by atoms with E-state index in [-0.39, 0.29) is 10.8 Å². The van der Waals surface area contributed by atoms with Gasteiger partial charge in [-0.15, -0.1) is 0 Å². The molecular weight excluding hydrogens is 353 g/mol. The second kappa shape index (κ2) is 7.27. The summed E-state index contributed by atoms with van der Waals surface area (Å²) in [6, 6.07) is 8.76. The van der Waals surface area contributed by atoms with E-state index in [1.54, 1.807) is 24.3 Å². The number of nitrogens with zero attached hydrogens (tertiary/aromatic N) is 2. The van der Waals surface area contributed by atoms with Crippen LogP contribution in [-0.4, -0.2) is 16.0 Å². The molecule has 0 atom stereocenters. The van der Waals surface area contributed by atoms with Gasteiger partial charge in [-0.1, -0.05) is 17.7 Å². The standard InChI is InChI=1S/C16H11F3N4OS/c1-9-2-4-10(5-3-9)14(24)23-15(25)22-11-6-12(16(17,18)19)13(7-20)21-8-11/h2-6,8H,1H3,(H2,22,23,24,25). The average Bonchev–Trinajstić information content (AvgIpc) is 2.54. The molecule has 128 valence electrons. The molecule has 0 saturated heterocycles. The lowest BCUT2D eigenvalue weighted by Crippen LogP contribution is -2.34. The predicted octanol–water partition coefficient (Wildman–Crippen LogP) is 3.41. The number of pyridine rings is 1. The summed E-state index contributed by atoms with van der Waals surface area (Å²) in [7, 11) is 0. The maximum Gasteiger partial charge on any atom is 0.419 e. The first-order valence-electron chi connectivity index (χ1n) is 6.87. The summed E-state index contributed by atoms with van der Waals surface area (Å²) < 4.78 is 38.7. The second-order valence-corrected chi connectivity index (χ2v) is 5.41. The van der Waals surface area contributed by atoms with E-state index in [1.165, 1.54) is 6.07 Å². The molecule has 0 bridgehead atoms. The number of amides is 1. The first-order chi connectivity index (χ1) is 11.7. The average molecular weight is 364 g/mol. The lowest BCUT2D eigenvalue weighted by Gasteiger charge is -2.12. The van der Waals surface area contributed by atoms with Crippen molar-refractivity contribution in [1.82, 2.24) is 10.3 Å². The Balaban J connectivity index is 2.11. The molecule has 0 unspecified atom stereocenters. The van der Waals surface area contributed by atoms with Crippen molar-refractivity contribution < 1.29 is 18.0 Å². The Kier molecular flexibility index (Phi) is 5.34. The number of benzene rings is 1. The summed E-state index contributed by atoms with van der Waals surface area (Å²) in [5, 5.41) is 13.3. The van der Waals surface area contributed by atoms with E-state index in [0.29, 0.717) is 11.6 Å². The molecular formula is C16H11F3N4OS. The molecule has 2 N–H and O–H groups in total. The van der Waals surface area contributed by atoms with E-state index in [4.69, 9.17) is 17.5 Å². The van der Waals surface area contributed by atoms with Crippen molar-refractivity contribution in [3.8, 4) is 6.07 Å². The van der Waals surface area contributed by atoms with Gasteiger partial charge >= 0.3 is 6.18 Å². The van der Waals surface area contributed by atoms with Crippen LogP contribution >= 0.6 is 12.2 Å². The lowest BCUT2D eigenvalue weighted by molar-refractivity contribution is -0.138. The van der Waals surface area contributed by atoms with Gasteiger partial charge in [0.1, 0.15) is 6.07 Å². The van der Waals surface area contributed by atoms with Crippen LogP contribution in [0.1, 0.15) is 27.2 Å². The molecule has 2 rings (SSSR count).